The van der Waals surface area contributed by atoms with Gasteiger partial charge in [-0.15, -0.1) is 0 Å². The average molecular weight is 335 g/mol. The number of likely N-dealkylation sites (tertiary alicyclic amines) is 1. The van der Waals surface area contributed by atoms with E-state index in [9.17, 15) is 0 Å². The summed E-state index contributed by atoms with van der Waals surface area (Å²) in [7, 11) is 1.83. The summed E-state index contributed by atoms with van der Waals surface area (Å²) in [6.45, 7) is 5.30. The maximum absolute atomic E-state index is 4.30. The number of nitrogens with one attached hydrogen (secondary N) is 2. The van der Waals surface area contributed by atoms with E-state index in [0.29, 0.717) is 0 Å². The van der Waals surface area contributed by atoms with Crippen LogP contribution in [0.25, 0.3) is 0 Å². The number of nitrogens with zero attached hydrogens (tertiary/aromatic N) is 2. The van der Waals surface area contributed by atoms with Gasteiger partial charge in [0.1, 0.15) is 0 Å². The minimum absolute atomic E-state index is 0.822. The van der Waals surface area contributed by atoms with Gasteiger partial charge in [-0.1, -0.05) is 30.7 Å². The molecule has 1 aliphatic heterocycles. The summed E-state index contributed by atoms with van der Waals surface area (Å²) in [5, 5.41) is 6.78. The van der Waals surface area contributed by atoms with Gasteiger partial charge in [-0.05, 0) is 43.3 Å². The van der Waals surface area contributed by atoms with Gasteiger partial charge in [-0.25, -0.2) is 0 Å². The van der Waals surface area contributed by atoms with Crippen molar-refractivity contribution in [1.29, 1.82) is 0 Å². The third-order valence-corrected chi connectivity index (χ3v) is 4.84. The summed E-state index contributed by atoms with van der Waals surface area (Å²) in [5.74, 6) is 1.97. The Labute approximate surface area is 145 Å². The molecule has 0 radical (unpaired) electrons. The highest BCUT2D eigenvalue weighted by Gasteiger charge is 2.12. The van der Waals surface area contributed by atoms with Crippen molar-refractivity contribution in [2.45, 2.75) is 32.4 Å². The molecule has 1 aliphatic rings. The molecule has 1 fully saturated rings. The lowest BCUT2D eigenvalue weighted by atomic mass is 10.0. The first kappa shape index (κ1) is 18.1. The van der Waals surface area contributed by atoms with Crippen LogP contribution in [-0.4, -0.2) is 49.6 Å². The Kier molecular flexibility index (Phi) is 8.32. The molecule has 0 aliphatic carbocycles. The van der Waals surface area contributed by atoms with Gasteiger partial charge >= 0.3 is 0 Å². The molecule has 1 aromatic rings. The lowest BCUT2D eigenvalue weighted by molar-refractivity contribution is 0.220. The smallest absolute Gasteiger partial charge is 0.191 e. The quantitative estimate of drug-likeness (QED) is 0.457. The van der Waals surface area contributed by atoms with Crippen molar-refractivity contribution in [3.63, 3.8) is 0 Å². The summed E-state index contributed by atoms with van der Waals surface area (Å²) in [5.41, 5.74) is 2.80. The second kappa shape index (κ2) is 10.6. The molecule has 1 aromatic carbocycles. The van der Waals surface area contributed by atoms with Crippen LogP contribution in [0, 0.1) is 0 Å². The Hall–Kier alpha value is -1.20. The van der Waals surface area contributed by atoms with Crippen LogP contribution >= 0.6 is 11.8 Å². The Morgan fingerprint density at radius 1 is 1.13 bits per heavy atom. The topological polar surface area (TPSA) is 39.7 Å². The van der Waals surface area contributed by atoms with Crippen LogP contribution in [0.5, 0.6) is 0 Å². The SMILES string of the molecule is CN=C(NCCSC)NCc1ccccc1CN1CCCCC1. The highest BCUT2D eigenvalue weighted by molar-refractivity contribution is 7.98. The van der Waals surface area contributed by atoms with Crippen LogP contribution in [0.1, 0.15) is 30.4 Å². The maximum atomic E-state index is 4.30. The van der Waals surface area contributed by atoms with E-state index in [0.717, 1.165) is 31.3 Å². The number of hydrogen-bond donors (Lipinski definition) is 2. The minimum Gasteiger partial charge on any atom is -0.356 e. The number of piperidine rings is 1. The minimum atomic E-state index is 0.822. The van der Waals surface area contributed by atoms with E-state index < -0.39 is 0 Å². The molecule has 1 saturated heterocycles. The van der Waals surface area contributed by atoms with E-state index in [1.165, 1.54) is 43.5 Å². The normalized spacial score (nSPS) is 16.3. The fraction of sp³-hybridized carbons (Fsp3) is 0.611. The van der Waals surface area contributed by atoms with Gasteiger partial charge in [0.25, 0.3) is 0 Å². The predicted octanol–water partition coefficient (Wildman–Crippen LogP) is 2.70. The lowest BCUT2D eigenvalue weighted by Gasteiger charge is -2.27. The maximum Gasteiger partial charge on any atom is 0.191 e. The highest BCUT2D eigenvalue weighted by atomic mass is 32.2. The Morgan fingerprint density at radius 3 is 2.57 bits per heavy atom. The highest BCUT2D eigenvalue weighted by Crippen LogP contribution is 2.16. The van der Waals surface area contributed by atoms with Crippen molar-refractivity contribution >= 4 is 17.7 Å². The van der Waals surface area contributed by atoms with Crippen LogP contribution < -0.4 is 10.6 Å². The van der Waals surface area contributed by atoms with E-state index in [-0.39, 0.29) is 0 Å². The predicted molar refractivity (Wildman–Crippen MR) is 102 cm³/mol. The molecule has 23 heavy (non-hydrogen) atoms. The van der Waals surface area contributed by atoms with Gasteiger partial charge in [0.05, 0.1) is 0 Å². The van der Waals surface area contributed by atoms with Gasteiger partial charge < -0.3 is 10.6 Å². The largest absolute Gasteiger partial charge is 0.356 e. The zero-order valence-electron chi connectivity index (χ0n) is 14.5. The second-order valence-corrected chi connectivity index (χ2v) is 6.94. The molecule has 0 saturated carbocycles. The number of aliphatic imine (C=N–C) groups is 1. The number of rotatable bonds is 7. The van der Waals surface area contributed by atoms with Gasteiger partial charge in [-0.2, -0.15) is 11.8 Å². The second-order valence-electron chi connectivity index (χ2n) is 5.95. The van der Waals surface area contributed by atoms with E-state index in [1.54, 1.807) is 0 Å². The average Bonchev–Trinajstić information content (AvgIpc) is 2.60. The first-order chi connectivity index (χ1) is 11.3. The number of benzene rings is 1. The molecule has 0 aromatic heterocycles. The summed E-state index contributed by atoms with van der Waals surface area (Å²) in [4.78, 5) is 6.87. The van der Waals surface area contributed by atoms with Gasteiger partial charge in [0, 0.05) is 32.4 Å². The summed E-state index contributed by atoms with van der Waals surface area (Å²) in [6, 6.07) is 8.76. The first-order valence-electron chi connectivity index (χ1n) is 8.56. The van der Waals surface area contributed by atoms with Crippen molar-refractivity contribution < 1.29 is 0 Å². The summed E-state index contributed by atoms with van der Waals surface area (Å²) in [6.07, 6.45) is 6.19. The lowest BCUT2D eigenvalue weighted by Crippen LogP contribution is -2.38. The number of guanidine groups is 1. The van der Waals surface area contributed by atoms with E-state index >= 15 is 0 Å². The molecule has 0 atom stereocenters. The molecule has 1 heterocycles. The van der Waals surface area contributed by atoms with Crippen molar-refractivity contribution in [1.82, 2.24) is 15.5 Å². The first-order valence-corrected chi connectivity index (χ1v) is 9.95. The zero-order valence-corrected chi connectivity index (χ0v) is 15.3. The molecule has 0 bridgehead atoms. The number of hydrogen-bond acceptors (Lipinski definition) is 3. The van der Waals surface area contributed by atoms with Gasteiger partial charge in [0.15, 0.2) is 5.96 Å². The summed E-state index contributed by atoms with van der Waals surface area (Å²) >= 11 is 1.84. The third kappa shape index (κ3) is 6.43. The fourth-order valence-corrected chi connectivity index (χ4v) is 3.22. The Balaban J connectivity index is 1.88. The third-order valence-electron chi connectivity index (χ3n) is 4.23. The Bertz CT molecular complexity index is 484. The van der Waals surface area contributed by atoms with E-state index in [2.05, 4.69) is 51.0 Å². The van der Waals surface area contributed by atoms with Crippen molar-refractivity contribution in [2.24, 2.45) is 4.99 Å². The molecule has 2 N–H and O–H groups in total. The molecular weight excluding hydrogens is 304 g/mol. The number of thioether (sulfide) groups is 1. The summed E-state index contributed by atoms with van der Waals surface area (Å²) < 4.78 is 0. The van der Waals surface area contributed by atoms with Crippen molar-refractivity contribution in [3.05, 3.63) is 35.4 Å². The molecule has 4 nitrogen and oxygen atoms in total. The van der Waals surface area contributed by atoms with Crippen molar-refractivity contribution in [3.8, 4) is 0 Å². The standard InChI is InChI=1S/C18H30N4S/c1-19-18(20-10-13-23-2)21-14-16-8-4-5-9-17(16)15-22-11-6-3-7-12-22/h4-5,8-9H,3,6-7,10-15H2,1-2H3,(H2,19,20,21). The Morgan fingerprint density at radius 2 is 1.87 bits per heavy atom. The molecule has 0 spiro atoms. The molecule has 0 amide bonds. The van der Waals surface area contributed by atoms with E-state index in [1.807, 2.05) is 18.8 Å². The van der Waals surface area contributed by atoms with Crippen LogP contribution in [0.4, 0.5) is 0 Å². The van der Waals surface area contributed by atoms with Gasteiger partial charge in [0.2, 0.25) is 0 Å². The zero-order chi connectivity index (χ0) is 16.3. The van der Waals surface area contributed by atoms with Crippen LogP contribution in [0.2, 0.25) is 0 Å². The molecular formula is C18H30N4S. The van der Waals surface area contributed by atoms with Crippen LogP contribution in [0.15, 0.2) is 29.3 Å². The molecule has 0 unspecified atom stereocenters. The monoisotopic (exact) mass is 334 g/mol. The van der Waals surface area contributed by atoms with E-state index in [4.69, 9.17) is 0 Å². The molecule has 5 heteroatoms. The molecule has 128 valence electrons. The van der Waals surface area contributed by atoms with Crippen LogP contribution in [-0.2, 0) is 13.1 Å². The van der Waals surface area contributed by atoms with Gasteiger partial charge in [-0.3, -0.25) is 9.89 Å². The molecule has 2 rings (SSSR count). The van der Waals surface area contributed by atoms with Crippen LogP contribution in [0.3, 0.4) is 0 Å². The fourth-order valence-electron chi connectivity index (χ4n) is 2.91. The van der Waals surface area contributed by atoms with Crippen molar-refractivity contribution in [2.75, 3.05) is 38.7 Å².